The molecule has 5 nitrogen and oxygen atoms in total. The van der Waals surface area contributed by atoms with Gasteiger partial charge in [0.2, 0.25) is 5.91 Å². The second-order valence-corrected chi connectivity index (χ2v) is 8.27. The summed E-state index contributed by atoms with van der Waals surface area (Å²) in [5, 5.41) is 3.15. The molecule has 1 amide bonds. The fraction of sp³-hybridized carbons (Fsp3) is 0.458. The second-order valence-electron chi connectivity index (χ2n) is 8.27. The number of anilines is 1. The molecule has 2 heterocycles. The van der Waals surface area contributed by atoms with Crippen molar-refractivity contribution in [2.45, 2.75) is 31.6 Å². The van der Waals surface area contributed by atoms with Crippen molar-refractivity contribution in [3.8, 4) is 11.5 Å². The van der Waals surface area contributed by atoms with E-state index >= 15 is 0 Å². The van der Waals surface area contributed by atoms with Crippen LogP contribution in [0.25, 0.3) is 0 Å². The van der Waals surface area contributed by atoms with Gasteiger partial charge in [-0.25, -0.2) is 0 Å². The van der Waals surface area contributed by atoms with Gasteiger partial charge < -0.3 is 19.7 Å². The summed E-state index contributed by atoms with van der Waals surface area (Å²) in [7, 11) is 0. The Morgan fingerprint density at radius 2 is 1.93 bits per heavy atom. The van der Waals surface area contributed by atoms with Crippen molar-refractivity contribution in [3.63, 3.8) is 0 Å². The third kappa shape index (κ3) is 4.04. The maximum Gasteiger partial charge on any atom is 0.220 e. The minimum absolute atomic E-state index is 0.143. The highest BCUT2D eigenvalue weighted by molar-refractivity contribution is 5.77. The van der Waals surface area contributed by atoms with Crippen LogP contribution in [0.2, 0.25) is 0 Å². The van der Waals surface area contributed by atoms with Crippen molar-refractivity contribution in [1.29, 1.82) is 0 Å². The quantitative estimate of drug-likeness (QED) is 0.783. The highest BCUT2D eigenvalue weighted by Crippen LogP contribution is 2.46. The van der Waals surface area contributed by atoms with Gasteiger partial charge in [-0.05, 0) is 60.4 Å². The van der Waals surface area contributed by atoms with E-state index in [1.165, 1.54) is 29.7 Å². The molecule has 1 saturated carbocycles. The van der Waals surface area contributed by atoms with Crippen molar-refractivity contribution in [3.05, 3.63) is 53.6 Å². The molecule has 2 aromatic carbocycles. The first kappa shape index (κ1) is 18.3. The molecule has 2 aromatic rings. The van der Waals surface area contributed by atoms with E-state index in [1.54, 1.807) is 0 Å². The van der Waals surface area contributed by atoms with Crippen LogP contribution >= 0.6 is 0 Å². The Labute approximate surface area is 172 Å². The lowest BCUT2D eigenvalue weighted by atomic mass is 9.90. The molecule has 0 aromatic heterocycles. The zero-order valence-corrected chi connectivity index (χ0v) is 16.7. The van der Waals surface area contributed by atoms with Crippen LogP contribution in [-0.2, 0) is 11.2 Å². The van der Waals surface area contributed by atoms with Crippen LogP contribution in [0.1, 0.15) is 36.3 Å². The monoisotopic (exact) mass is 392 g/mol. The molecule has 3 aliphatic rings. The Morgan fingerprint density at radius 1 is 1.10 bits per heavy atom. The maximum absolute atomic E-state index is 12.7. The van der Waals surface area contributed by atoms with E-state index < -0.39 is 0 Å². The van der Waals surface area contributed by atoms with Crippen molar-refractivity contribution in [2.75, 3.05) is 37.7 Å². The fourth-order valence-electron chi connectivity index (χ4n) is 4.59. The highest BCUT2D eigenvalue weighted by atomic mass is 16.6. The number of amides is 1. The minimum atomic E-state index is 0.143. The van der Waals surface area contributed by atoms with Gasteiger partial charge in [-0.15, -0.1) is 0 Å². The minimum Gasteiger partial charge on any atom is -0.486 e. The lowest BCUT2D eigenvalue weighted by Crippen LogP contribution is -2.34. The fourth-order valence-corrected chi connectivity index (χ4v) is 4.59. The first-order chi connectivity index (χ1) is 14.3. The average Bonchev–Trinajstić information content (AvgIpc) is 3.52. The van der Waals surface area contributed by atoms with Crippen molar-refractivity contribution in [2.24, 2.45) is 5.92 Å². The molecule has 5 heteroatoms. The summed E-state index contributed by atoms with van der Waals surface area (Å²) in [6, 6.07) is 14.7. The molecule has 1 atom stereocenters. The van der Waals surface area contributed by atoms with E-state index in [4.69, 9.17) is 9.47 Å². The molecule has 1 fully saturated rings. The predicted molar refractivity (Wildman–Crippen MR) is 113 cm³/mol. The van der Waals surface area contributed by atoms with Gasteiger partial charge in [0.1, 0.15) is 13.2 Å². The molecular formula is C24H28N2O3. The molecule has 0 radical (unpaired) electrons. The lowest BCUT2D eigenvalue weighted by molar-refractivity contribution is -0.121. The van der Waals surface area contributed by atoms with Gasteiger partial charge in [0, 0.05) is 31.7 Å². The SMILES string of the molecule is O=C(CC(c1ccc2c(c1)OCCO2)C1CC1)NCCN1CCc2ccccc21. The number of ether oxygens (including phenoxy) is 2. The summed E-state index contributed by atoms with van der Waals surface area (Å²) in [5.41, 5.74) is 3.92. The molecule has 5 rings (SSSR count). The first-order valence-electron chi connectivity index (χ1n) is 10.8. The van der Waals surface area contributed by atoms with E-state index in [2.05, 4.69) is 46.6 Å². The highest BCUT2D eigenvalue weighted by Gasteiger charge is 2.34. The predicted octanol–water partition coefficient (Wildman–Crippen LogP) is 3.52. The van der Waals surface area contributed by atoms with Crippen LogP contribution in [-0.4, -0.2) is 38.8 Å². The topological polar surface area (TPSA) is 50.8 Å². The molecule has 0 spiro atoms. The number of hydrogen-bond acceptors (Lipinski definition) is 4. The molecule has 0 saturated heterocycles. The number of para-hydroxylation sites is 1. The van der Waals surface area contributed by atoms with Gasteiger partial charge in [-0.2, -0.15) is 0 Å². The summed E-state index contributed by atoms with van der Waals surface area (Å²) in [6.45, 7) is 3.77. The Morgan fingerprint density at radius 3 is 2.79 bits per heavy atom. The number of benzene rings is 2. The number of fused-ring (bicyclic) bond motifs is 2. The Bertz CT molecular complexity index is 893. The van der Waals surface area contributed by atoms with Crippen LogP contribution in [0, 0.1) is 5.92 Å². The van der Waals surface area contributed by atoms with Crippen molar-refractivity contribution in [1.82, 2.24) is 5.32 Å². The summed E-state index contributed by atoms with van der Waals surface area (Å²) in [4.78, 5) is 15.1. The molecule has 2 aliphatic heterocycles. The Kier molecular flexibility index (Phi) is 5.04. The van der Waals surface area contributed by atoms with Gasteiger partial charge in [0.05, 0.1) is 0 Å². The van der Waals surface area contributed by atoms with Gasteiger partial charge in [-0.3, -0.25) is 4.79 Å². The Balaban J connectivity index is 1.17. The summed E-state index contributed by atoms with van der Waals surface area (Å²) in [6.07, 6.45) is 4.05. The Hall–Kier alpha value is -2.69. The van der Waals surface area contributed by atoms with Crippen molar-refractivity contribution < 1.29 is 14.3 Å². The summed E-state index contributed by atoms with van der Waals surface area (Å²) >= 11 is 0. The molecule has 1 unspecified atom stereocenters. The zero-order valence-electron chi connectivity index (χ0n) is 16.7. The third-order valence-corrected chi connectivity index (χ3v) is 6.28. The number of rotatable bonds is 7. The normalized spacial score (nSPS) is 18.3. The maximum atomic E-state index is 12.7. The summed E-state index contributed by atoms with van der Waals surface area (Å²) in [5.74, 6) is 2.63. The smallest absolute Gasteiger partial charge is 0.220 e. The van der Waals surface area contributed by atoms with Crippen LogP contribution in [0.15, 0.2) is 42.5 Å². The second kappa shape index (κ2) is 7.97. The number of carbonyl (C=O) groups is 1. The van der Waals surface area contributed by atoms with Crippen LogP contribution < -0.4 is 19.7 Å². The molecule has 0 bridgehead atoms. The van der Waals surface area contributed by atoms with Gasteiger partial charge in [0.25, 0.3) is 0 Å². The standard InChI is InChI=1S/C24H28N2O3/c27-24(25-10-12-26-11-9-18-3-1-2-4-21(18)26)16-20(17-5-6-17)19-7-8-22-23(15-19)29-14-13-28-22/h1-4,7-8,15,17,20H,5-6,9-14,16H2,(H,25,27). The molecular weight excluding hydrogens is 364 g/mol. The van der Waals surface area contributed by atoms with E-state index in [0.29, 0.717) is 32.1 Å². The zero-order chi connectivity index (χ0) is 19.6. The molecule has 29 heavy (non-hydrogen) atoms. The van der Waals surface area contributed by atoms with E-state index in [1.807, 2.05) is 6.07 Å². The summed E-state index contributed by atoms with van der Waals surface area (Å²) < 4.78 is 11.4. The first-order valence-corrected chi connectivity index (χ1v) is 10.8. The lowest BCUT2D eigenvalue weighted by Gasteiger charge is -2.22. The third-order valence-electron chi connectivity index (χ3n) is 6.28. The van der Waals surface area contributed by atoms with E-state index in [0.717, 1.165) is 31.0 Å². The van der Waals surface area contributed by atoms with Crippen LogP contribution in [0.3, 0.4) is 0 Å². The largest absolute Gasteiger partial charge is 0.486 e. The number of carbonyl (C=O) groups excluding carboxylic acids is 1. The van der Waals surface area contributed by atoms with E-state index in [-0.39, 0.29) is 11.8 Å². The molecule has 152 valence electrons. The number of nitrogens with zero attached hydrogens (tertiary/aromatic N) is 1. The van der Waals surface area contributed by atoms with E-state index in [9.17, 15) is 4.79 Å². The number of nitrogens with one attached hydrogen (secondary N) is 1. The van der Waals surface area contributed by atoms with Gasteiger partial charge in [-0.1, -0.05) is 24.3 Å². The molecule has 1 N–H and O–H groups in total. The van der Waals surface area contributed by atoms with Gasteiger partial charge in [0.15, 0.2) is 11.5 Å². The van der Waals surface area contributed by atoms with Crippen LogP contribution in [0.4, 0.5) is 5.69 Å². The van der Waals surface area contributed by atoms with Crippen molar-refractivity contribution >= 4 is 11.6 Å². The average molecular weight is 392 g/mol. The van der Waals surface area contributed by atoms with Crippen LogP contribution in [0.5, 0.6) is 11.5 Å². The van der Waals surface area contributed by atoms with Gasteiger partial charge >= 0.3 is 0 Å². The number of hydrogen-bond donors (Lipinski definition) is 1. The molecule has 1 aliphatic carbocycles.